The number of pyridine rings is 1. The number of para-hydroxylation sites is 1. The Morgan fingerprint density at radius 2 is 2.18 bits per heavy atom. The average Bonchev–Trinajstić information content (AvgIpc) is 2.86. The number of nitrogens with zero attached hydrogens (tertiary/aromatic N) is 2. The fourth-order valence-corrected chi connectivity index (χ4v) is 3.55. The van der Waals surface area contributed by atoms with Crippen molar-refractivity contribution in [3.05, 3.63) is 42.1 Å². The second kappa shape index (κ2) is 6.48. The van der Waals surface area contributed by atoms with Gasteiger partial charge in [-0.2, -0.15) is 0 Å². The van der Waals surface area contributed by atoms with Gasteiger partial charge in [0.05, 0.1) is 5.52 Å². The molecule has 1 aromatic carbocycles. The van der Waals surface area contributed by atoms with Crippen LogP contribution in [-0.4, -0.2) is 33.2 Å². The second-order valence-electron chi connectivity index (χ2n) is 5.64. The molecule has 1 unspecified atom stereocenters. The molecule has 2 aromatic rings. The summed E-state index contributed by atoms with van der Waals surface area (Å²) in [7, 11) is 0. The smallest absolute Gasteiger partial charge is 0.223 e. The quantitative estimate of drug-likeness (QED) is 0.871. The number of carbonyl (C=O) groups excluding carboxylic acids is 2. The van der Waals surface area contributed by atoms with Gasteiger partial charge in [0, 0.05) is 43.8 Å². The van der Waals surface area contributed by atoms with Crippen molar-refractivity contribution in [1.29, 1.82) is 0 Å². The summed E-state index contributed by atoms with van der Waals surface area (Å²) in [4.78, 5) is 29.6. The molecule has 0 radical (unpaired) electrons. The van der Waals surface area contributed by atoms with Crippen LogP contribution in [0.1, 0.15) is 18.9 Å². The van der Waals surface area contributed by atoms with Crippen molar-refractivity contribution < 1.29 is 9.59 Å². The molecule has 1 aliphatic heterocycles. The molecular weight excluding hydrogens is 296 g/mol. The van der Waals surface area contributed by atoms with Gasteiger partial charge in [0.25, 0.3) is 0 Å². The lowest BCUT2D eigenvalue weighted by atomic mass is 10.1. The minimum atomic E-state index is 0.115. The zero-order valence-corrected chi connectivity index (χ0v) is 13.3. The predicted molar refractivity (Wildman–Crippen MR) is 88.4 cm³/mol. The van der Waals surface area contributed by atoms with Crippen LogP contribution < -0.4 is 0 Å². The fraction of sp³-hybridized carbons (Fsp3) is 0.353. The number of carbonyl (C=O) groups is 2. The highest BCUT2D eigenvalue weighted by Gasteiger charge is 2.30. The van der Waals surface area contributed by atoms with E-state index in [4.69, 9.17) is 0 Å². The summed E-state index contributed by atoms with van der Waals surface area (Å²) >= 11 is 1.31. The Hall–Kier alpha value is -1.88. The van der Waals surface area contributed by atoms with Crippen molar-refractivity contribution in [3.8, 4) is 0 Å². The fourth-order valence-electron chi connectivity index (χ4n) is 2.85. The van der Waals surface area contributed by atoms with Crippen molar-refractivity contribution in [3.63, 3.8) is 0 Å². The van der Waals surface area contributed by atoms with E-state index in [1.54, 1.807) is 13.1 Å². The van der Waals surface area contributed by atoms with E-state index in [0.29, 0.717) is 13.0 Å². The van der Waals surface area contributed by atoms with E-state index in [-0.39, 0.29) is 16.9 Å². The molecule has 114 valence electrons. The molecule has 0 N–H and O–H groups in total. The number of amides is 1. The van der Waals surface area contributed by atoms with Crippen molar-refractivity contribution >= 4 is 33.7 Å². The molecule has 1 fully saturated rings. The Labute approximate surface area is 133 Å². The number of thioether (sulfide) groups is 1. The molecule has 4 nitrogen and oxygen atoms in total. The summed E-state index contributed by atoms with van der Waals surface area (Å²) in [6, 6.07) is 10.0. The second-order valence-corrected chi connectivity index (χ2v) is 6.84. The van der Waals surface area contributed by atoms with E-state index < -0.39 is 0 Å². The third kappa shape index (κ3) is 3.30. The third-order valence-electron chi connectivity index (χ3n) is 3.89. The van der Waals surface area contributed by atoms with Crippen LogP contribution >= 0.6 is 11.8 Å². The van der Waals surface area contributed by atoms with E-state index in [2.05, 4.69) is 4.98 Å². The molecule has 1 aliphatic rings. The number of fused-ring (bicyclic) bond motifs is 1. The van der Waals surface area contributed by atoms with Gasteiger partial charge in [0.1, 0.15) is 0 Å². The first-order chi connectivity index (χ1) is 10.6. The lowest BCUT2D eigenvalue weighted by Gasteiger charge is -2.17. The largest absolute Gasteiger partial charge is 0.338 e. The maximum absolute atomic E-state index is 12.2. The molecule has 1 amide bonds. The minimum Gasteiger partial charge on any atom is -0.338 e. The Balaban J connectivity index is 1.72. The van der Waals surface area contributed by atoms with Gasteiger partial charge in [-0.1, -0.05) is 36.0 Å². The normalized spacial score (nSPS) is 18.1. The molecule has 0 bridgehead atoms. The highest BCUT2D eigenvalue weighted by molar-refractivity contribution is 8.13. The van der Waals surface area contributed by atoms with Gasteiger partial charge in [0.15, 0.2) is 5.12 Å². The van der Waals surface area contributed by atoms with E-state index in [1.165, 1.54) is 11.8 Å². The van der Waals surface area contributed by atoms with Crippen molar-refractivity contribution in [2.45, 2.75) is 19.9 Å². The van der Waals surface area contributed by atoms with Crippen LogP contribution in [0.2, 0.25) is 0 Å². The Morgan fingerprint density at radius 1 is 1.36 bits per heavy atom. The first kappa shape index (κ1) is 15.0. The first-order valence-electron chi connectivity index (χ1n) is 7.37. The molecule has 3 rings (SSSR count). The summed E-state index contributed by atoms with van der Waals surface area (Å²) in [6.45, 7) is 2.89. The lowest BCUT2D eigenvalue weighted by molar-refractivity contribution is -0.128. The van der Waals surface area contributed by atoms with Gasteiger partial charge in [-0.15, -0.1) is 0 Å². The molecule has 1 atom stereocenters. The Kier molecular flexibility index (Phi) is 4.43. The number of rotatable bonds is 4. The molecule has 0 spiro atoms. The lowest BCUT2D eigenvalue weighted by Crippen LogP contribution is -2.25. The van der Waals surface area contributed by atoms with Crippen LogP contribution in [-0.2, 0) is 16.1 Å². The van der Waals surface area contributed by atoms with Crippen molar-refractivity contribution in [1.82, 2.24) is 9.88 Å². The maximum atomic E-state index is 12.2. The number of hydrogen-bond donors (Lipinski definition) is 0. The number of hydrogen-bond acceptors (Lipinski definition) is 4. The van der Waals surface area contributed by atoms with Gasteiger partial charge in [0.2, 0.25) is 5.91 Å². The van der Waals surface area contributed by atoms with Crippen molar-refractivity contribution in [2.24, 2.45) is 5.92 Å². The summed E-state index contributed by atoms with van der Waals surface area (Å²) in [5.41, 5.74) is 2.03. The highest BCUT2D eigenvalue weighted by Crippen LogP contribution is 2.25. The molecule has 1 saturated heterocycles. The van der Waals surface area contributed by atoms with E-state index in [1.807, 2.05) is 35.2 Å². The summed E-state index contributed by atoms with van der Waals surface area (Å²) in [5, 5.41) is 1.21. The van der Waals surface area contributed by atoms with Gasteiger partial charge < -0.3 is 4.90 Å². The predicted octanol–water partition coefficient (Wildman–Crippen LogP) is 2.86. The monoisotopic (exact) mass is 314 g/mol. The van der Waals surface area contributed by atoms with Gasteiger partial charge >= 0.3 is 0 Å². The number of benzene rings is 1. The van der Waals surface area contributed by atoms with Crippen LogP contribution in [0.4, 0.5) is 0 Å². The number of aromatic nitrogens is 1. The first-order valence-corrected chi connectivity index (χ1v) is 8.36. The number of likely N-dealkylation sites (tertiary alicyclic amines) is 1. The molecule has 5 heteroatoms. The standard InChI is InChI=1S/C17H18N2O2S/c1-12(20)22-11-13-8-16(21)19(9-13)10-15-5-2-4-14-6-3-7-18-17(14)15/h2-7,13H,8-11H2,1H3. The van der Waals surface area contributed by atoms with Crippen LogP contribution in [0.3, 0.4) is 0 Å². The van der Waals surface area contributed by atoms with Crippen LogP contribution in [0.25, 0.3) is 10.9 Å². The SMILES string of the molecule is CC(=O)SCC1CC(=O)N(Cc2cccc3cccnc23)C1. The zero-order valence-electron chi connectivity index (χ0n) is 12.5. The minimum absolute atomic E-state index is 0.115. The average molecular weight is 314 g/mol. The van der Waals surface area contributed by atoms with Crippen LogP contribution in [0.5, 0.6) is 0 Å². The van der Waals surface area contributed by atoms with E-state index >= 15 is 0 Å². The van der Waals surface area contributed by atoms with E-state index in [0.717, 1.165) is 28.8 Å². The van der Waals surface area contributed by atoms with Crippen LogP contribution in [0.15, 0.2) is 36.5 Å². The zero-order chi connectivity index (χ0) is 15.5. The van der Waals surface area contributed by atoms with Gasteiger partial charge in [-0.3, -0.25) is 14.6 Å². The molecular formula is C17H18N2O2S. The summed E-state index contributed by atoms with van der Waals surface area (Å²) in [6.07, 6.45) is 2.32. The molecule has 1 aromatic heterocycles. The van der Waals surface area contributed by atoms with E-state index in [9.17, 15) is 9.59 Å². The maximum Gasteiger partial charge on any atom is 0.223 e. The molecule has 2 heterocycles. The van der Waals surface area contributed by atoms with Crippen molar-refractivity contribution in [2.75, 3.05) is 12.3 Å². The summed E-state index contributed by atoms with van der Waals surface area (Å²) in [5.74, 6) is 1.16. The third-order valence-corrected chi connectivity index (χ3v) is 4.94. The Morgan fingerprint density at radius 3 is 3.00 bits per heavy atom. The van der Waals surface area contributed by atoms with Gasteiger partial charge in [-0.25, -0.2) is 0 Å². The molecule has 22 heavy (non-hydrogen) atoms. The summed E-state index contributed by atoms with van der Waals surface area (Å²) < 4.78 is 0. The molecule has 0 saturated carbocycles. The Bertz CT molecular complexity index is 711. The molecule has 0 aliphatic carbocycles. The highest BCUT2D eigenvalue weighted by atomic mass is 32.2. The van der Waals surface area contributed by atoms with Gasteiger partial charge in [-0.05, 0) is 17.5 Å². The van der Waals surface area contributed by atoms with Crippen LogP contribution in [0, 0.1) is 5.92 Å². The topological polar surface area (TPSA) is 50.3 Å².